The highest BCUT2D eigenvalue weighted by Gasteiger charge is 2.27. The number of rotatable bonds is 6. The summed E-state index contributed by atoms with van der Waals surface area (Å²) in [4.78, 5) is 31.4. The molecule has 3 N–H and O–H groups in total. The second-order valence-corrected chi connectivity index (χ2v) is 6.80. The largest absolute Gasteiger partial charge is 0.383 e. The van der Waals surface area contributed by atoms with Crippen LogP contribution >= 0.6 is 0 Å². The van der Waals surface area contributed by atoms with Crippen LogP contribution in [0.3, 0.4) is 0 Å². The lowest BCUT2D eigenvalue weighted by Gasteiger charge is -2.31. The minimum Gasteiger partial charge on any atom is -0.383 e. The lowest BCUT2D eigenvalue weighted by molar-refractivity contribution is -0.130. The van der Waals surface area contributed by atoms with Crippen LogP contribution in [0, 0.1) is 5.41 Å². The molecular formula is C21H21N7O2. The van der Waals surface area contributed by atoms with Crippen molar-refractivity contribution in [2.24, 2.45) is 0 Å². The van der Waals surface area contributed by atoms with Crippen molar-refractivity contribution in [3.8, 4) is 11.4 Å². The van der Waals surface area contributed by atoms with Gasteiger partial charge in [-0.1, -0.05) is 30.3 Å². The number of hydrogen-bond acceptors (Lipinski definition) is 6. The van der Waals surface area contributed by atoms with E-state index in [0.717, 1.165) is 18.2 Å². The average molecular weight is 403 g/mol. The van der Waals surface area contributed by atoms with E-state index in [0.29, 0.717) is 30.2 Å². The fourth-order valence-corrected chi connectivity index (χ4v) is 3.16. The molecule has 0 atom stereocenters. The van der Waals surface area contributed by atoms with Gasteiger partial charge in [0.2, 0.25) is 0 Å². The molecule has 1 aliphatic rings. The molecule has 4 rings (SSSR count). The maximum atomic E-state index is 12.8. The molecule has 0 aliphatic carbocycles. The van der Waals surface area contributed by atoms with Crippen LogP contribution in [0.2, 0.25) is 0 Å². The van der Waals surface area contributed by atoms with Gasteiger partial charge in [-0.2, -0.15) is 0 Å². The van der Waals surface area contributed by atoms with Crippen LogP contribution in [0.15, 0.2) is 59.9 Å². The number of hydrogen-bond donors (Lipinski definition) is 3. The molecule has 0 saturated carbocycles. The van der Waals surface area contributed by atoms with Gasteiger partial charge in [-0.3, -0.25) is 9.59 Å². The molecule has 1 saturated heterocycles. The van der Waals surface area contributed by atoms with E-state index in [4.69, 9.17) is 5.41 Å². The van der Waals surface area contributed by atoms with Crippen LogP contribution in [0.1, 0.15) is 6.42 Å². The molecule has 0 bridgehead atoms. The summed E-state index contributed by atoms with van der Waals surface area (Å²) in [6.07, 6.45) is 3.55. The first-order valence-corrected chi connectivity index (χ1v) is 9.55. The van der Waals surface area contributed by atoms with Gasteiger partial charge in [0.1, 0.15) is 5.70 Å². The number of carbonyl (C=O) groups excluding carboxylic acids is 2. The Labute approximate surface area is 172 Å². The summed E-state index contributed by atoms with van der Waals surface area (Å²) in [5.74, 6) is -0.241. The molecule has 30 heavy (non-hydrogen) atoms. The predicted molar refractivity (Wildman–Crippen MR) is 113 cm³/mol. The quantitative estimate of drug-likeness (QED) is 0.428. The molecule has 2 aromatic heterocycles. The van der Waals surface area contributed by atoms with Crippen LogP contribution in [0.5, 0.6) is 0 Å². The number of carbonyl (C=O) groups is 2. The number of nitrogens with one attached hydrogen (secondary N) is 3. The fourth-order valence-electron chi connectivity index (χ4n) is 3.16. The number of likely N-dealkylation sites (tertiary alicyclic amines) is 1. The third kappa shape index (κ3) is 3.64. The fraction of sp³-hybridized carbons (Fsp3) is 0.190. The lowest BCUT2D eigenvalue weighted by Crippen LogP contribution is -2.44. The van der Waals surface area contributed by atoms with E-state index in [1.54, 1.807) is 34.8 Å². The highest BCUT2D eigenvalue weighted by Crippen LogP contribution is 2.19. The van der Waals surface area contributed by atoms with Gasteiger partial charge in [0.25, 0.3) is 11.8 Å². The average Bonchev–Trinajstić information content (AvgIpc) is 3.14. The Bertz CT molecular complexity index is 1150. The first-order valence-electron chi connectivity index (χ1n) is 9.55. The molecule has 9 nitrogen and oxygen atoms in total. The number of benzene rings is 1. The summed E-state index contributed by atoms with van der Waals surface area (Å²) >= 11 is 0. The molecule has 9 heteroatoms. The van der Waals surface area contributed by atoms with Gasteiger partial charge in [-0.05, 0) is 12.5 Å². The highest BCUT2D eigenvalue weighted by atomic mass is 16.2. The van der Waals surface area contributed by atoms with Gasteiger partial charge in [0, 0.05) is 49.9 Å². The molecule has 152 valence electrons. The highest BCUT2D eigenvalue weighted by molar-refractivity contribution is 6.19. The third-order valence-corrected chi connectivity index (χ3v) is 4.89. The van der Waals surface area contributed by atoms with Gasteiger partial charge in [0.05, 0.1) is 5.57 Å². The summed E-state index contributed by atoms with van der Waals surface area (Å²) in [7, 11) is 1.55. The van der Waals surface area contributed by atoms with Crippen LogP contribution in [-0.2, 0) is 9.59 Å². The summed E-state index contributed by atoms with van der Waals surface area (Å²) in [5, 5.41) is 17.6. The number of pyridine rings is 1. The Balaban J connectivity index is 1.59. The van der Waals surface area contributed by atoms with Crippen molar-refractivity contribution in [1.29, 1.82) is 5.41 Å². The second-order valence-electron chi connectivity index (χ2n) is 6.80. The van der Waals surface area contributed by atoms with Crippen LogP contribution < -0.4 is 10.6 Å². The Morgan fingerprint density at radius 1 is 1.17 bits per heavy atom. The Kier molecular flexibility index (Phi) is 5.25. The normalized spacial score (nSPS) is 14.0. The zero-order valence-electron chi connectivity index (χ0n) is 16.4. The van der Waals surface area contributed by atoms with Crippen molar-refractivity contribution in [3.63, 3.8) is 0 Å². The molecule has 0 spiro atoms. The minimum absolute atomic E-state index is 0.0321. The van der Waals surface area contributed by atoms with Gasteiger partial charge in [-0.25, -0.2) is 9.50 Å². The van der Waals surface area contributed by atoms with E-state index in [1.807, 2.05) is 30.3 Å². The summed E-state index contributed by atoms with van der Waals surface area (Å²) in [6.45, 7) is 1.28. The summed E-state index contributed by atoms with van der Waals surface area (Å²) in [5.41, 5.74) is 2.06. The van der Waals surface area contributed by atoms with Gasteiger partial charge in [0.15, 0.2) is 11.5 Å². The zero-order valence-corrected chi connectivity index (χ0v) is 16.4. The zero-order chi connectivity index (χ0) is 21.1. The van der Waals surface area contributed by atoms with Crippen LogP contribution in [0.25, 0.3) is 17.0 Å². The Morgan fingerprint density at radius 2 is 1.93 bits per heavy atom. The monoisotopic (exact) mass is 403 g/mol. The molecule has 1 fully saturated rings. The molecule has 1 aliphatic heterocycles. The molecule has 0 radical (unpaired) electrons. The number of aromatic nitrogens is 3. The number of nitrogens with zero attached hydrogens (tertiary/aromatic N) is 4. The van der Waals surface area contributed by atoms with Crippen molar-refractivity contribution in [2.45, 2.75) is 6.42 Å². The maximum Gasteiger partial charge on any atom is 0.272 e. The minimum atomic E-state index is -0.503. The van der Waals surface area contributed by atoms with E-state index < -0.39 is 5.91 Å². The Hall–Kier alpha value is -4.01. The maximum absolute atomic E-state index is 12.8. The lowest BCUT2D eigenvalue weighted by atomic mass is 10.1. The first kappa shape index (κ1) is 19.3. The molecule has 0 unspecified atom stereocenters. The van der Waals surface area contributed by atoms with Crippen molar-refractivity contribution in [1.82, 2.24) is 24.8 Å². The van der Waals surface area contributed by atoms with E-state index in [2.05, 4.69) is 20.7 Å². The van der Waals surface area contributed by atoms with Crippen LogP contribution in [-0.4, -0.2) is 57.7 Å². The molecule has 3 aromatic rings. The SMILES string of the molecule is CN/C(C(=O)Nc1ccn2nc(-c3ccccc3)nc2c1)=C(\C=N)C(=O)N1CCC1. The molecular weight excluding hydrogens is 382 g/mol. The molecule has 1 aromatic carbocycles. The van der Waals surface area contributed by atoms with Gasteiger partial charge < -0.3 is 20.9 Å². The van der Waals surface area contributed by atoms with Gasteiger partial charge >= 0.3 is 0 Å². The molecule has 3 heterocycles. The number of amides is 2. The van der Waals surface area contributed by atoms with Gasteiger partial charge in [-0.15, -0.1) is 5.10 Å². The topological polar surface area (TPSA) is 115 Å². The molecule has 2 amide bonds. The standard InChI is InChI=1S/C21H21N7O2/c1-23-18(16(13-22)21(30)27-9-5-10-27)20(29)24-15-8-11-28-17(12-15)25-19(26-28)14-6-3-2-4-7-14/h2-4,6-8,11-13,22-23H,5,9-10H2,1H3,(H,24,29)/b18-16+,22-13?. The number of fused-ring (bicyclic) bond motifs is 1. The third-order valence-electron chi connectivity index (χ3n) is 4.89. The predicted octanol–water partition coefficient (Wildman–Crippen LogP) is 1.69. The van der Waals surface area contributed by atoms with E-state index in [9.17, 15) is 9.59 Å². The van der Waals surface area contributed by atoms with Crippen LogP contribution in [0.4, 0.5) is 5.69 Å². The number of likely N-dealkylation sites (N-methyl/N-ethyl adjacent to an activating group) is 1. The first-order chi connectivity index (χ1) is 14.6. The van der Waals surface area contributed by atoms with E-state index in [1.165, 1.54) is 0 Å². The van der Waals surface area contributed by atoms with E-state index >= 15 is 0 Å². The summed E-state index contributed by atoms with van der Waals surface area (Å²) < 4.78 is 1.63. The number of anilines is 1. The van der Waals surface area contributed by atoms with Crippen molar-refractivity contribution < 1.29 is 9.59 Å². The summed E-state index contributed by atoms with van der Waals surface area (Å²) in [6, 6.07) is 13.0. The van der Waals surface area contributed by atoms with Crippen molar-refractivity contribution in [2.75, 3.05) is 25.5 Å². The van der Waals surface area contributed by atoms with Crippen molar-refractivity contribution >= 4 is 29.4 Å². The smallest absolute Gasteiger partial charge is 0.272 e. The second kappa shape index (κ2) is 8.16. The van der Waals surface area contributed by atoms with E-state index in [-0.39, 0.29) is 17.2 Å². The van der Waals surface area contributed by atoms with Crippen molar-refractivity contribution in [3.05, 3.63) is 59.9 Å². The Morgan fingerprint density at radius 3 is 2.57 bits per heavy atom.